The van der Waals surface area contributed by atoms with E-state index in [1.807, 2.05) is 0 Å². The number of amides is 1. The smallest absolute Gasteiger partial charge is 0.311 e. The monoisotopic (exact) mass is 338 g/mol. The third-order valence-corrected chi connectivity index (χ3v) is 5.75. The number of nitrogens with one attached hydrogen (secondary N) is 1. The molecule has 1 aromatic heterocycles. The van der Waals surface area contributed by atoms with Gasteiger partial charge in [0.15, 0.2) is 0 Å². The Kier molecular flexibility index (Phi) is 4.96. The van der Waals surface area contributed by atoms with Crippen LogP contribution in [0.4, 0.5) is 0 Å². The minimum Gasteiger partial charge on any atom is -0.481 e. The summed E-state index contributed by atoms with van der Waals surface area (Å²) in [4.78, 5) is 28.3. The second-order valence-electron chi connectivity index (χ2n) is 6.40. The SMILES string of the molecule is O=C(NCC1(C(=O)O)CCCCC1)c1csc(C2CCCO2)n1. The van der Waals surface area contributed by atoms with Gasteiger partial charge in [-0.15, -0.1) is 11.3 Å². The Balaban J connectivity index is 1.61. The van der Waals surface area contributed by atoms with E-state index in [1.165, 1.54) is 11.3 Å². The molecule has 2 fully saturated rings. The van der Waals surface area contributed by atoms with Gasteiger partial charge < -0.3 is 15.2 Å². The summed E-state index contributed by atoms with van der Waals surface area (Å²) >= 11 is 1.43. The van der Waals surface area contributed by atoms with Crippen LogP contribution in [0.15, 0.2) is 5.38 Å². The van der Waals surface area contributed by atoms with Crippen molar-refractivity contribution in [1.82, 2.24) is 10.3 Å². The lowest BCUT2D eigenvalue weighted by atomic mass is 9.74. The normalized spacial score (nSPS) is 23.6. The van der Waals surface area contributed by atoms with Gasteiger partial charge in [-0.3, -0.25) is 9.59 Å². The van der Waals surface area contributed by atoms with E-state index in [0.717, 1.165) is 43.7 Å². The van der Waals surface area contributed by atoms with Gasteiger partial charge in [-0.2, -0.15) is 0 Å². The number of rotatable bonds is 5. The first-order valence-corrected chi connectivity index (χ1v) is 9.07. The number of carbonyl (C=O) groups is 2. The quantitative estimate of drug-likeness (QED) is 0.862. The average molecular weight is 338 g/mol. The Bertz CT molecular complexity index is 574. The lowest BCUT2D eigenvalue weighted by molar-refractivity contribution is -0.150. The van der Waals surface area contributed by atoms with E-state index >= 15 is 0 Å². The highest BCUT2D eigenvalue weighted by molar-refractivity contribution is 7.09. The highest BCUT2D eigenvalue weighted by atomic mass is 32.1. The van der Waals surface area contributed by atoms with E-state index in [4.69, 9.17) is 4.74 Å². The molecule has 7 heteroatoms. The molecule has 6 nitrogen and oxygen atoms in total. The number of carbonyl (C=O) groups excluding carboxylic acids is 1. The van der Waals surface area contributed by atoms with Gasteiger partial charge in [0.2, 0.25) is 0 Å². The summed E-state index contributed by atoms with van der Waals surface area (Å²) in [5.41, 5.74) is -0.460. The van der Waals surface area contributed by atoms with Crippen LogP contribution in [0.25, 0.3) is 0 Å². The van der Waals surface area contributed by atoms with Crippen molar-refractivity contribution in [2.75, 3.05) is 13.2 Å². The maximum Gasteiger partial charge on any atom is 0.311 e. The number of hydrogen-bond acceptors (Lipinski definition) is 5. The number of nitrogens with zero attached hydrogens (tertiary/aromatic N) is 1. The number of thiazole rings is 1. The first kappa shape index (κ1) is 16.4. The predicted octanol–water partition coefficient (Wildman–Crippen LogP) is 2.76. The van der Waals surface area contributed by atoms with Gasteiger partial charge >= 0.3 is 5.97 Å². The van der Waals surface area contributed by atoms with E-state index in [-0.39, 0.29) is 18.6 Å². The van der Waals surface area contributed by atoms with Crippen molar-refractivity contribution < 1.29 is 19.4 Å². The zero-order valence-corrected chi connectivity index (χ0v) is 13.9. The highest BCUT2D eigenvalue weighted by Gasteiger charge is 2.40. The Morgan fingerprint density at radius 2 is 2.13 bits per heavy atom. The molecule has 2 aliphatic rings. The van der Waals surface area contributed by atoms with E-state index in [0.29, 0.717) is 18.5 Å². The largest absolute Gasteiger partial charge is 0.481 e. The molecule has 1 saturated heterocycles. The first-order valence-electron chi connectivity index (χ1n) is 8.19. The Morgan fingerprint density at radius 1 is 1.35 bits per heavy atom. The van der Waals surface area contributed by atoms with Crippen molar-refractivity contribution in [2.24, 2.45) is 5.41 Å². The zero-order chi connectivity index (χ0) is 16.3. The maximum absolute atomic E-state index is 12.3. The van der Waals surface area contributed by atoms with Crippen LogP contribution >= 0.6 is 11.3 Å². The summed E-state index contributed by atoms with van der Waals surface area (Å²) in [6.45, 7) is 0.918. The fraction of sp³-hybridized carbons (Fsp3) is 0.688. The second kappa shape index (κ2) is 6.97. The number of ether oxygens (including phenoxy) is 1. The molecule has 23 heavy (non-hydrogen) atoms. The minimum atomic E-state index is -0.818. The molecule has 1 aromatic rings. The Morgan fingerprint density at radius 3 is 2.78 bits per heavy atom. The molecular weight excluding hydrogens is 316 g/mol. The van der Waals surface area contributed by atoms with Gasteiger partial charge in [-0.25, -0.2) is 4.98 Å². The molecule has 1 unspecified atom stereocenters. The Labute approximate surface area is 139 Å². The number of aliphatic carboxylic acids is 1. The first-order chi connectivity index (χ1) is 11.1. The van der Waals surface area contributed by atoms with E-state index in [2.05, 4.69) is 10.3 Å². The second-order valence-corrected chi connectivity index (χ2v) is 7.29. The lowest BCUT2D eigenvalue weighted by Crippen LogP contribution is -2.44. The summed E-state index contributed by atoms with van der Waals surface area (Å²) in [7, 11) is 0. The molecule has 0 bridgehead atoms. The molecule has 0 spiro atoms. The van der Waals surface area contributed by atoms with E-state index in [1.54, 1.807) is 5.38 Å². The van der Waals surface area contributed by atoms with Gasteiger partial charge in [0, 0.05) is 18.5 Å². The van der Waals surface area contributed by atoms with Crippen molar-refractivity contribution in [3.8, 4) is 0 Å². The van der Waals surface area contributed by atoms with E-state index < -0.39 is 11.4 Å². The lowest BCUT2D eigenvalue weighted by Gasteiger charge is -2.33. The van der Waals surface area contributed by atoms with Crippen molar-refractivity contribution in [3.05, 3.63) is 16.1 Å². The molecule has 3 rings (SSSR count). The fourth-order valence-electron chi connectivity index (χ4n) is 3.35. The van der Waals surface area contributed by atoms with Gasteiger partial charge in [0.25, 0.3) is 5.91 Å². The molecule has 1 saturated carbocycles. The van der Waals surface area contributed by atoms with Crippen molar-refractivity contribution in [1.29, 1.82) is 0 Å². The van der Waals surface area contributed by atoms with Gasteiger partial charge in [0.1, 0.15) is 16.8 Å². The molecule has 0 radical (unpaired) electrons. The minimum absolute atomic E-state index is 0.00487. The number of hydrogen-bond donors (Lipinski definition) is 2. The van der Waals surface area contributed by atoms with Crippen molar-refractivity contribution >= 4 is 23.2 Å². The standard InChI is InChI=1S/C16H22N2O4S/c19-13(11-9-23-14(18-11)12-5-4-8-22-12)17-10-16(15(20)21)6-2-1-3-7-16/h9,12H,1-8,10H2,(H,17,19)(H,20,21). The van der Waals surface area contributed by atoms with Gasteiger partial charge in [-0.05, 0) is 25.7 Å². The van der Waals surface area contributed by atoms with E-state index in [9.17, 15) is 14.7 Å². The molecule has 1 aliphatic heterocycles. The van der Waals surface area contributed by atoms with Gasteiger partial charge in [0.05, 0.1) is 5.41 Å². The predicted molar refractivity (Wildman–Crippen MR) is 85.5 cm³/mol. The number of aromatic nitrogens is 1. The van der Waals surface area contributed by atoms with Crippen LogP contribution in [-0.4, -0.2) is 35.1 Å². The fourth-order valence-corrected chi connectivity index (χ4v) is 4.23. The van der Waals surface area contributed by atoms with Crippen LogP contribution in [0.5, 0.6) is 0 Å². The summed E-state index contributed by atoms with van der Waals surface area (Å²) in [5, 5.41) is 14.9. The summed E-state index contributed by atoms with van der Waals surface area (Å²) in [6, 6.07) is 0. The van der Waals surface area contributed by atoms with Crippen LogP contribution in [0.2, 0.25) is 0 Å². The summed E-state index contributed by atoms with van der Waals surface area (Å²) in [6.07, 6.45) is 6.10. The summed E-state index contributed by atoms with van der Waals surface area (Å²) in [5.74, 6) is -1.10. The summed E-state index contributed by atoms with van der Waals surface area (Å²) < 4.78 is 5.57. The molecular formula is C16H22N2O4S. The van der Waals surface area contributed by atoms with Crippen LogP contribution in [0.1, 0.15) is 66.5 Å². The van der Waals surface area contributed by atoms with Crippen molar-refractivity contribution in [3.63, 3.8) is 0 Å². The topological polar surface area (TPSA) is 88.5 Å². The van der Waals surface area contributed by atoms with Crippen LogP contribution in [0, 0.1) is 5.41 Å². The number of carboxylic acid groups (broad SMARTS) is 1. The van der Waals surface area contributed by atoms with Crippen molar-refractivity contribution in [2.45, 2.75) is 51.0 Å². The van der Waals surface area contributed by atoms with Crippen LogP contribution in [0.3, 0.4) is 0 Å². The molecule has 0 aromatic carbocycles. The average Bonchev–Trinajstić information content (AvgIpc) is 3.24. The molecule has 1 aliphatic carbocycles. The molecule has 1 atom stereocenters. The Hall–Kier alpha value is -1.47. The third-order valence-electron chi connectivity index (χ3n) is 4.81. The third kappa shape index (κ3) is 3.55. The molecule has 2 heterocycles. The number of carboxylic acids is 1. The highest BCUT2D eigenvalue weighted by Crippen LogP contribution is 2.36. The molecule has 126 valence electrons. The van der Waals surface area contributed by atoms with Crippen LogP contribution in [-0.2, 0) is 9.53 Å². The molecule has 2 N–H and O–H groups in total. The van der Waals surface area contributed by atoms with Gasteiger partial charge in [-0.1, -0.05) is 19.3 Å². The molecule has 1 amide bonds. The zero-order valence-electron chi connectivity index (χ0n) is 13.0. The maximum atomic E-state index is 12.3. The van der Waals surface area contributed by atoms with Crippen LogP contribution < -0.4 is 5.32 Å².